The normalized spacial score (nSPS) is 11.8. The number of aliphatic imine (C=N–C) groups is 1. The quantitative estimate of drug-likeness (QED) is 0.356. The van der Waals surface area contributed by atoms with E-state index < -0.39 is 0 Å². The fraction of sp³-hybridized carbons (Fsp3) is 0.368. The lowest BCUT2D eigenvalue weighted by atomic mass is 10.3. The zero-order valence-corrected chi connectivity index (χ0v) is 16.1. The average Bonchev–Trinajstić information content (AvgIpc) is 3.27. The molecule has 0 aliphatic rings. The Hall–Kier alpha value is -1.92. The van der Waals surface area contributed by atoms with Gasteiger partial charge in [-0.3, -0.25) is 4.99 Å². The predicted molar refractivity (Wildman–Crippen MR) is 110 cm³/mol. The number of hydrogen-bond acceptors (Lipinski definition) is 4. The molecule has 0 spiro atoms. The van der Waals surface area contributed by atoms with Gasteiger partial charge in [0.2, 0.25) is 0 Å². The average molecular weight is 373 g/mol. The number of nitrogens with one attached hydrogen (secondary N) is 2. The van der Waals surface area contributed by atoms with Crippen LogP contribution in [0, 0.1) is 0 Å². The Labute approximate surface area is 157 Å². The molecule has 0 amide bonds. The fourth-order valence-electron chi connectivity index (χ4n) is 2.55. The molecular formula is C19H24N4S2. The van der Waals surface area contributed by atoms with Gasteiger partial charge in [0.15, 0.2) is 5.96 Å². The van der Waals surface area contributed by atoms with Gasteiger partial charge in [-0.1, -0.05) is 18.2 Å². The molecule has 0 saturated carbocycles. The lowest BCUT2D eigenvalue weighted by Crippen LogP contribution is -2.38. The third-order valence-electron chi connectivity index (χ3n) is 3.75. The van der Waals surface area contributed by atoms with Gasteiger partial charge < -0.3 is 10.6 Å². The van der Waals surface area contributed by atoms with Crippen LogP contribution in [0.1, 0.15) is 23.2 Å². The molecule has 0 radical (unpaired) electrons. The zero-order chi connectivity index (χ0) is 17.3. The maximum atomic E-state index is 4.68. The minimum absolute atomic E-state index is 0.810. The highest BCUT2D eigenvalue weighted by atomic mass is 32.1. The molecule has 0 bridgehead atoms. The van der Waals surface area contributed by atoms with E-state index in [2.05, 4.69) is 63.2 Å². The molecule has 3 rings (SSSR count). The van der Waals surface area contributed by atoms with E-state index in [1.807, 2.05) is 6.07 Å². The Morgan fingerprint density at radius 1 is 1.12 bits per heavy atom. The summed E-state index contributed by atoms with van der Waals surface area (Å²) in [7, 11) is 0. The van der Waals surface area contributed by atoms with Crippen molar-refractivity contribution < 1.29 is 0 Å². The first-order valence-corrected chi connectivity index (χ1v) is 10.4. The van der Waals surface area contributed by atoms with Crippen LogP contribution in [0.4, 0.5) is 0 Å². The number of benzene rings is 1. The first-order chi connectivity index (χ1) is 12.3. The molecule has 0 unspecified atom stereocenters. The van der Waals surface area contributed by atoms with Crippen LogP contribution in [0.2, 0.25) is 0 Å². The standard InChI is InChI=1S/C19H24N4S2/c1-2-20-19(22-13-11-15-7-6-14-24-15)21-12-5-10-18-23-16-8-3-4-9-17(16)25-18/h3-4,6-9,14H,2,5,10-13H2,1H3,(H2,20,21,22). The van der Waals surface area contributed by atoms with Gasteiger partial charge in [0.25, 0.3) is 0 Å². The van der Waals surface area contributed by atoms with Gasteiger partial charge in [0, 0.05) is 30.9 Å². The molecule has 2 N–H and O–H groups in total. The summed E-state index contributed by atoms with van der Waals surface area (Å²) in [6.45, 7) is 4.69. The molecule has 3 aromatic rings. The Balaban J connectivity index is 1.44. The number of rotatable bonds is 8. The summed E-state index contributed by atoms with van der Waals surface area (Å²) < 4.78 is 1.27. The molecule has 0 aliphatic heterocycles. The number of hydrogen-bond donors (Lipinski definition) is 2. The smallest absolute Gasteiger partial charge is 0.191 e. The molecule has 2 aromatic heterocycles. The molecular weight excluding hydrogens is 348 g/mol. The SMILES string of the molecule is CCNC(=NCCCc1nc2ccccc2s1)NCCc1cccs1. The van der Waals surface area contributed by atoms with Gasteiger partial charge in [-0.15, -0.1) is 22.7 Å². The largest absolute Gasteiger partial charge is 0.357 e. The molecule has 2 heterocycles. The monoisotopic (exact) mass is 372 g/mol. The molecule has 0 fully saturated rings. The Morgan fingerprint density at radius 2 is 2.04 bits per heavy atom. The molecule has 132 valence electrons. The van der Waals surface area contributed by atoms with Crippen molar-refractivity contribution in [2.75, 3.05) is 19.6 Å². The lowest BCUT2D eigenvalue weighted by molar-refractivity contribution is 0.778. The summed E-state index contributed by atoms with van der Waals surface area (Å²) in [5.41, 5.74) is 1.11. The summed E-state index contributed by atoms with van der Waals surface area (Å²) in [5, 5.41) is 10.0. The van der Waals surface area contributed by atoms with Crippen molar-refractivity contribution in [1.82, 2.24) is 15.6 Å². The van der Waals surface area contributed by atoms with Crippen LogP contribution >= 0.6 is 22.7 Å². The number of para-hydroxylation sites is 1. The fourth-order valence-corrected chi connectivity index (χ4v) is 4.27. The van der Waals surface area contributed by atoms with Crippen molar-refractivity contribution in [2.24, 2.45) is 4.99 Å². The minimum atomic E-state index is 0.810. The van der Waals surface area contributed by atoms with Crippen LogP contribution < -0.4 is 10.6 Å². The van der Waals surface area contributed by atoms with Crippen LogP contribution in [0.15, 0.2) is 46.8 Å². The highest BCUT2D eigenvalue weighted by Crippen LogP contribution is 2.22. The van der Waals surface area contributed by atoms with E-state index in [0.29, 0.717) is 0 Å². The second kappa shape index (κ2) is 9.53. The predicted octanol–water partition coefficient (Wildman–Crippen LogP) is 4.09. The van der Waals surface area contributed by atoms with Gasteiger partial charge >= 0.3 is 0 Å². The van der Waals surface area contributed by atoms with E-state index in [4.69, 9.17) is 0 Å². The van der Waals surface area contributed by atoms with Crippen molar-refractivity contribution >= 4 is 38.8 Å². The lowest BCUT2D eigenvalue weighted by Gasteiger charge is -2.10. The topological polar surface area (TPSA) is 49.3 Å². The number of aromatic nitrogens is 1. The van der Waals surface area contributed by atoms with Gasteiger partial charge in [-0.2, -0.15) is 0 Å². The number of nitrogens with zero attached hydrogens (tertiary/aromatic N) is 2. The van der Waals surface area contributed by atoms with Gasteiger partial charge in [0.05, 0.1) is 15.2 Å². The van der Waals surface area contributed by atoms with Crippen molar-refractivity contribution in [2.45, 2.75) is 26.2 Å². The number of thiazole rings is 1. The van der Waals surface area contributed by atoms with Crippen molar-refractivity contribution in [3.05, 3.63) is 51.7 Å². The summed E-state index contributed by atoms with van der Waals surface area (Å²) in [4.78, 5) is 10.8. The van der Waals surface area contributed by atoms with Crippen LogP contribution in [-0.4, -0.2) is 30.6 Å². The first-order valence-electron chi connectivity index (χ1n) is 8.74. The Kier molecular flexibility index (Phi) is 6.82. The number of guanidine groups is 1. The highest BCUT2D eigenvalue weighted by molar-refractivity contribution is 7.18. The van der Waals surface area contributed by atoms with E-state index in [1.54, 1.807) is 22.7 Å². The van der Waals surface area contributed by atoms with E-state index in [-0.39, 0.29) is 0 Å². The zero-order valence-electron chi connectivity index (χ0n) is 14.5. The van der Waals surface area contributed by atoms with E-state index >= 15 is 0 Å². The van der Waals surface area contributed by atoms with E-state index in [0.717, 1.165) is 50.4 Å². The van der Waals surface area contributed by atoms with Crippen molar-refractivity contribution in [3.63, 3.8) is 0 Å². The molecule has 0 aliphatic carbocycles. The van der Waals surface area contributed by atoms with Crippen molar-refractivity contribution in [1.29, 1.82) is 0 Å². The third-order valence-corrected chi connectivity index (χ3v) is 5.78. The summed E-state index contributed by atoms with van der Waals surface area (Å²) in [6, 6.07) is 12.6. The van der Waals surface area contributed by atoms with Gasteiger partial charge in [-0.25, -0.2) is 4.98 Å². The van der Waals surface area contributed by atoms with Crippen LogP contribution in [0.25, 0.3) is 10.2 Å². The van der Waals surface area contributed by atoms with Gasteiger partial charge in [0.1, 0.15) is 0 Å². The second-order valence-corrected chi connectivity index (χ2v) is 7.84. The molecule has 0 atom stereocenters. The molecule has 6 heteroatoms. The van der Waals surface area contributed by atoms with Crippen LogP contribution in [-0.2, 0) is 12.8 Å². The maximum absolute atomic E-state index is 4.68. The molecule has 0 saturated heterocycles. The second-order valence-electron chi connectivity index (χ2n) is 5.70. The summed E-state index contributed by atoms with van der Waals surface area (Å²) in [6.07, 6.45) is 3.03. The number of aryl methyl sites for hydroxylation is 1. The molecule has 1 aromatic carbocycles. The van der Waals surface area contributed by atoms with E-state index in [1.165, 1.54) is 14.6 Å². The number of fused-ring (bicyclic) bond motifs is 1. The number of thiophene rings is 1. The van der Waals surface area contributed by atoms with Gasteiger partial charge in [-0.05, 0) is 43.3 Å². The Bertz CT molecular complexity index is 760. The molecule has 25 heavy (non-hydrogen) atoms. The third kappa shape index (κ3) is 5.54. The minimum Gasteiger partial charge on any atom is -0.357 e. The van der Waals surface area contributed by atoms with E-state index in [9.17, 15) is 0 Å². The van der Waals surface area contributed by atoms with Crippen molar-refractivity contribution in [3.8, 4) is 0 Å². The van der Waals surface area contributed by atoms with Crippen LogP contribution in [0.5, 0.6) is 0 Å². The summed E-state index contributed by atoms with van der Waals surface area (Å²) >= 11 is 3.59. The molecule has 4 nitrogen and oxygen atoms in total. The highest BCUT2D eigenvalue weighted by Gasteiger charge is 2.03. The summed E-state index contributed by atoms with van der Waals surface area (Å²) in [5.74, 6) is 0.906. The van der Waals surface area contributed by atoms with Crippen LogP contribution in [0.3, 0.4) is 0 Å². The first kappa shape index (κ1) is 17.9. The Morgan fingerprint density at radius 3 is 2.84 bits per heavy atom. The maximum Gasteiger partial charge on any atom is 0.191 e.